The Morgan fingerprint density at radius 3 is 2.40 bits per heavy atom. The van der Waals surface area contributed by atoms with Crippen LogP contribution < -0.4 is 0 Å². The Bertz CT molecular complexity index is 404. The van der Waals surface area contributed by atoms with Crippen molar-refractivity contribution in [2.75, 3.05) is 26.7 Å². The monoisotopic (exact) mass is 281 g/mol. The Balaban J connectivity index is 1.98. The maximum Gasteiger partial charge on any atom is 0.327 e. The molecule has 0 bridgehead atoms. The topological polar surface area (TPSA) is 60.9 Å². The van der Waals surface area contributed by atoms with Crippen molar-refractivity contribution in [3.63, 3.8) is 0 Å². The first-order chi connectivity index (χ1) is 9.54. The van der Waals surface area contributed by atoms with E-state index in [4.69, 9.17) is 0 Å². The first-order valence-electron chi connectivity index (χ1n) is 7.39. The molecule has 1 heterocycles. The van der Waals surface area contributed by atoms with Crippen LogP contribution in [0, 0.1) is 0 Å². The van der Waals surface area contributed by atoms with E-state index in [1.807, 2.05) is 11.8 Å². The summed E-state index contributed by atoms with van der Waals surface area (Å²) in [7, 11) is 1.57. The van der Waals surface area contributed by atoms with Gasteiger partial charge in [-0.15, -0.1) is 0 Å². The average Bonchev–Trinajstić information content (AvgIpc) is 2.67. The molecule has 0 unspecified atom stereocenters. The summed E-state index contributed by atoms with van der Waals surface area (Å²) >= 11 is 0. The van der Waals surface area contributed by atoms with Crippen LogP contribution in [0.1, 0.15) is 39.0 Å². The molecule has 2 aliphatic rings. The van der Waals surface area contributed by atoms with Crippen molar-refractivity contribution in [3.05, 3.63) is 0 Å². The molecule has 1 saturated heterocycles. The number of nitrogens with zero attached hydrogens (tertiary/aromatic N) is 3. The van der Waals surface area contributed by atoms with E-state index >= 15 is 0 Å². The molecular weight excluding hydrogens is 258 g/mol. The van der Waals surface area contributed by atoms with E-state index in [0.717, 1.165) is 30.6 Å². The molecule has 20 heavy (non-hydrogen) atoms. The van der Waals surface area contributed by atoms with Crippen molar-refractivity contribution < 1.29 is 14.4 Å². The lowest BCUT2D eigenvalue weighted by molar-refractivity contribution is -0.138. The Morgan fingerprint density at radius 2 is 1.90 bits per heavy atom. The van der Waals surface area contributed by atoms with Gasteiger partial charge in [0.05, 0.1) is 0 Å². The van der Waals surface area contributed by atoms with Crippen LogP contribution in [-0.4, -0.2) is 65.3 Å². The molecule has 6 heteroatoms. The highest BCUT2D eigenvalue weighted by Crippen LogP contribution is 2.23. The Labute approximate surface area is 119 Å². The summed E-state index contributed by atoms with van der Waals surface area (Å²) < 4.78 is 0. The van der Waals surface area contributed by atoms with Gasteiger partial charge in [0.25, 0.3) is 5.91 Å². The van der Waals surface area contributed by atoms with Gasteiger partial charge in [-0.3, -0.25) is 14.5 Å². The number of amides is 4. The van der Waals surface area contributed by atoms with Gasteiger partial charge in [-0.1, -0.05) is 19.3 Å². The molecule has 0 radical (unpaired) electrons. The number of urea groups is 1. The van der Waals surface area contributed by atoms with Gasteiger partial charge in [0.2, 0.25) is 5.91 Å². The smallest absolute Gasteiger partial charge is 0.327 e. The highest BCUT2D eigenvalue weighted by Gasteiger charge is 2.36. The summed E-state index contributed by atoms with van der Waals surface area (Å²) in [5, 5.41) is 0. The molecule has 0 aromatic carbocycles. The van der Waals surface area contributed by atoms with Gasteiger partial charge < -0.3 is 9.80 Å². The predicted molar refractivity (Wildman–Crippen MR) is 74.0 cm³/mol. The molecule has 0 N–H and O–H groups in total. The molecule has 1 aliphatic heterocycles. The molecule has 4 amide bonds. The predicted octanol–water partition coefficient (Wildman–Crippen LogP) is 1.06. The third-order valence-corrected chi connectivity index (χ3v) is 4.20. The van der Waals surface area contributed by atoms with E-state index in [-0.39, 0.29) is 37.0 Å². The number of hydrogen-bond donors (Lipinski definition) is 0. The minimum atomic E-state index is -0.372. The maximum atomic E-state index is 12.4. The summed E-state index contributed by atoms with van der Waals surface area (Å²) in [4.78, 5) is 40.1. The van der Waals surface area contributed by atoms with Gasteiger partial charge >= 0.3 is 6.03 Å². The highest BCUT2D eigenvalue weighted by atomic mass is 16.2. The molecule has 112 valence electrons. The third-order valence-electron chi connectivity index (χ3n) is 4.20. The van der Waals surface area contributed by atoms with Gasteiger partial charge in [0, 0.05) is 19.6 Å². The van der Waals surface area contributed by atoms with Crippen molar-refractivity contribution in [3.8, 4) is 0 Å². The van der Waals surface area contributed by atoms with Crippen LogP contribution in [0.2, 0.25) is 0 Å². The first kappa shape index (κ1) is 14.8. The van der Waals surface area contributed by atoms with E-state index in [2.05, 4.69) is 0 Å². The lowest BCUT2D eigenvalue weighted by atomic mass is 9.94. The number of carbonyl (C=O) groups excluding carboxylic acids is 3. The molecule has 0 aromatic heterocycles. The van der Waals surface area contributed by atoms with E-state index in [9.17, 15) is 14.4 Å². The largest absolute Gasteiger partial charge is 0.338 e. The fraction of sp³-hybridized carbons (Fsp3) is 0.786. The standard InChI is InChI=1S/C14H23N3O3/c1-3-16(11-7-5-4-6-8-11)13(19)10-17-12(18)9-15(2)14(17)20/h11H,3-10H2,1-2H3. The van der Waals surface area contributed by atoms with Crippen LogP contribution in [0.25, 0.3) is 0 Å². The zero-order valence-corrected chi connectivity index (χ0v) is 12.3. The van der Waals surface area contributed by atoms with Gasteiger partial charge in [-0.2, -0.15) is 0 Å². The Hall–Kier alpha value is -1.59. The van der Waals surface area contributed by atoms with Gasteiger partial charge in [0.1, 0.15) is 13.1 Å². The van der Waals surface area contributed by atoms with Crippen molar-refractivity contribution >= 4 is 17.8 Å². The SMILES string of the molecule is CCN(C(=O)CN1C(=O)CN(C)C1=O)C1CCCCC1. The summed E-state index contributed by atoms with van der Waals surface area (Å²) in [5.74, 6) is -0.401. The molecule has 1 aliphatic carbocycles. The summed E-state index contributed by atoms with van der Waals surface area (Å²) in [6.45, 7) is 2.54. The second-order valence-electron chi connectivity index (χ2n) is 5.59. The van der Waals surface area contributed by atoms with Gasteiger partial charge in [0.15, 0.2) is 0 Å². The minimum Gasteiger partial charge on any atom is -0.338 e. The second-order valence-corrected chi connectivity index (χ2v) is 5.59. The van der Waals surface area contributed by atoms with E-state index in [1.165, 1.54) is 11.3 Å². The molecule has 0 aromatic rings. The summed E-state index contributed by atoms with van der Waals surface area (Å²) in [6, 6.07) is -0.102. The lowest BCUT2D eigenvalue weighted by Gasteiger charge is -2.34. The molecule has 6 nitrogen and oxygen atoms in total. The van der Waals surface area contributed by atoms with Crippen molar-refractivity contribution in [2.24, 2.45) is 0 Å². The van der Waals surface area contributed by atoms with Gasteiger partial charge in [-0.05, 0) is 19.8 Å². The number of imide groups is 1. The fourth-order valence-corrected chi connectivity index (χ4v) is 3.08. The highest BCUT2D eigenvalue weighted by molar-refractivity contribution is 6.04. The fourth-order valence-electron chi connectivity index (χ4n) is 3.08. The van der Waals surface area contributed by atoms with Crippen molar-refractivity contribution in [1.82, 2.24) is 14.7 Å². The quantitative estimate of drug-likeness (QED) is 0.724. The zero-order valence-electron chi connectivity index (χ0n) is 12.3. The number of hydrogen-bond acceptors (Lipinski definition) is 3. The van der Waals surface area contributed by atoms with E-state index < -0.39 is 0 Å². The normalized spacial score (nSPS) is 20.7. The summed E-state index contributed by atoms with van der Waals surface area (Å²) in [6.07, 6.45) is 5.59. The number of carbonyl (C=O) groups is 3. The number of likely N-dealkylation sites (N-methyl/N-ethyl adjacent to an activating group) is 2. The molecule has 2 rings (SSSR count). The molecule has 0 spiro atoms. The van der Waals surface area contributed by atoms with Crippen LogP contribution in [0.4, 0.5) is 4.79 Å². The molecule has 0 atom stereocenters. The van der Waals surface area contributed by atoms with E-state index in [0.29, 0.717) is 6.54 Å². The lowest BCUT2D eigenvalue weighted by Crippen LogP contribution is -2.47. The van der Waals surface area contributed by atoms with Crippen LogP contribution in [0.3, 0.4) is 0 Å². The van der Waals surface area contributed by atoms with Crippen molar-refractivity contribution in [2.45, 2.75) is 45.1 Å². The Morgan fingerprint density at radius 1 is 1.25 bits per heavy atom. The maximum absolute atomic E-state index is 12.4. The minimum absolute atomic E-state index is 0.0711. The Kier molecular flexibility index (Phi) is 4.62. The average molecular weight is 281 g/mol. The molecule has 2 fully saturated rings. The van der Waals surface area contributed by atoms with Crippen LogP contribution in [-0.2, 0) is 9.59 Å². The van der Waals surface area contributed by atoms with Crippen LogP contribution >= 0.6 is 0 Å². The second kappa shape index (κ2) is 6.24. The third kappa shape index (κ3) is 2.94. The van der Waals surface area contributed by atoms with Crippen LogP contribution in [0.15, 0.2) is 0 Å². The number of rotatable bonds is 4. The van der Waals surface area contributed by atoms with Gasteiger partial charge in [-0.25, -0.2) is 4.79 Å². The molecular formula is C14H23N3O3. The zero-order chi connectivity index (χ0) is 14.7. The molecule has 1 saturated carbocycles. The first-order valence-corrected chi connectivity index (χ1v) is 7.39. The van der Waals surface area contributed by atoms with Crippen molar-refractivity contribution in [1.29, 1.82) is 0 Å². The summed E-state index contributed by atoms with van der Waals surface area (Å²) in [5.41, 5.74) is 0. The van der Waals surface area contributed by atoms with E-state index in [1.54, 1.807) is 7.05 Å². The van der Waals surface area contributed by atoms with Crippen LogP contribution in [0.5, 0.6) is 0 Å².